The summed E-state index contributed by atoms with van der Waals surface area (Å²) in [6, 6.07) is 8.89. The van der Waals surface area contributed by atoms with Crippen LogP contribution in [0.3, 0.4) is 0 Å². The molecule has 0 fully saturated rings. The van der Waals surface area contributed by atoms with Crippen LogP contribution in [0.1, 0.15) is 16.7 Å². The molecule has 136 valence electrons. The van der Waals surface area contributed by atoms with Crippen LogP contribution in [0.4, 0.5) is 17.6 Å². The van der Waals surface area contributed by atoms with Gasteiger partial charge in [0, 0.05) is 10.6 Å². The molecule has 2 aromatic carbocycles. The predicted octanol–water partition coefficient (Wildman–Crippen LogP) is 3.77. The zero-order chi connectivity index (χ0) is 19.2. The molecule has 2 aromatic rings. The van der Waals surface area contributed by atoms with Gasteiger partial charge in [-0.1, -0.05) is 23.7 Å². The molecule has 10 heteroatoms. The van der Waals surface area contributed by atoms with Gasteiger partial charge in [-0.25, -0.2) is 9.82 Å². The molecule has 5 nitrogen and oxygen atoms in total. The standard InChI is InChI=1S/C16H12ClF4N5/c17-13-5-1-10(2-6-13)8-23-25-15(22)26-24-9-11-3-4-12(7-14(11)18)16(19,20)21/h1-9H,(H3,22,25,26). The Balaban J connectivity index is 1.96. The Kier molecular flexibility index (Phi) is 6.29. The molecule has 26 heavy (non-hydrogen) atoms. The summed E-state index contributed by atoms with van der Waals surface area (Å²) in [6.07, 6.45) is -2.23. The molecule has 0 heterocycles. The van der Waals surface area contributed by atoms with Gasteiger partial charge in [-0.05, 0) is 35.9 Å². The van der Waals surface area contributed by atoms with Crippen molar-refractivity contribution in [2.75, 3.05) is 0 Å². The fourth-order valence-corrected chi connectivity index (χ4v) is 1.83. The molecule has 0 aliphatic carbocycles. The topological polar surface area (TPSA) is 75.1 Å². The van der Waals surface area contributed by atoms with Crippen LogP contribution in [0, 0.1) is 5.82 Å². The van der Waals surface area contributed by atoms with E-state index in [1.54, 1.807) is 24.3 Å². The van der Waals surface area contributed by atoms with Crippen molar-refractivity contribution in [2.45, 2.75) is 6.18 Å². The Labute approximate surface area is 150 Å². The average molecular weight is 386 g/mol. The maximum Gasteiger partial charge on any atom is 0.416 e. The number of halogens is 5. The van der Waals surface area contributed by atoms with Crippen molar-refractivity contribution in [1.29, 1.82) is 0 Å². The fraction of sp³-hybridized carbons (Fsp3) is 0.0625. The number of nitrogens with one attached hydrogen (secondary N) is 1. The highest BCUT2D eigenvalue weighted by atomic mass is 35.5. The Bertz CT molecular complexity index is 845. The molecule has 0 spiro atoms. The highest BCUT2D eigenvalue weighted by molar-refractivity contribution is 6.30. The largest absolute Gasteiger partial charge is 0.416 e. The van der Waals surface area contributed by atoms with E-state index >= 15 is 0 Å². The van der Waals surface area contributed by atoms with Gasteiger partial charge in [-0.15, -0.1) is 5.10 Å². The minimum atomic E-state index is -4.62. The molecule has 0 aliphatic rings. The van der Waals surface area contributed by atoms with Crippen LogP contribution >= 0.6 is 11.6 Å². The van der Waals surface area contributed by atoms with Crippen molar-refractivity contribution in [3.63, 3.8) is 0 Å². The number of alkyl halides is 3. The molecule has 0 saturated heterocycles. The minimum absolute atomic E-state index is 0.167. The second-order valence-corrected chi connectivity index (χ2v) is 5.32. The summed E-state index contributed by atoms with van der Waals surface area (Å²) in [4.78, 5) is 0. The molecule has 3 N–H and O–H groups in total. The molecule has 0 aromatic heterocycles. The molecule has 0 aliphatic heterocycles. The van der Waals surface area contributed by atoms with Crippen LogP contribution in [0.15, 0.2) is 57.8 Å². The first-order valence-corrected chi connectivity index (χ1v) is 7.41. The van der Waals surface area contributed by atoms with E-state index in [2.05, 4.69) is 20.7 Å². The normalized spacial score (nSPS) is 12.9. The van der Waals surface area contributed by atoms with Crippen LogP contribution in [0.5, 0.6) is 0 Å². The summed E-state index contributed by atoms with van der Waals surface area (Å²) < 4.78 is 51.0. The molecule has 0 atom stereocenters. The SMILES string of the molecule is NC(=NN=Cc1ccc(C(F)(F)F)cc1F)NN=Cc1ccc(Cl)cc1. The Hall–Kier alpha value is -2.94. The first kappa shape index (κ1) is 19.4. The van der Waals surface area contributed by atoms with Crippen LogP contribution in [0.25, 0.3) is 0 Å². The van der Waals surface area contributed by atoms with Gasteiger partial charge >= 0.3 is 6.18 Å². The van der Waals surface area contributed by atoms with Gasteiger partial charge in [0.2, 0.25) is 5.96 Å². The van der Waals surface area contributed by atoms with Crippen molar-refractivity contribution in [3.8, 4) is 0 Å². The molecular formula is C16H12ClF4N5. The number of rotatable bonds is 4. The maximum atomic E-state index is 13.6. The van der Waals surface area contributed by atoms with E-state index in [9.17, 15) is 17.6 Å². The van der Waals surface area contributed by atoms with Crippen molar-refractivity contribution < 1.29 is 17.6 Å². The van der Waals surface area contributed by atoms with Crippen LogP contribution in [-0.2, 0) is 6.18 Å². The number of guanidine groups is 1. The lowest BCUT2D eigenvalue weighted by Crippen LogP contribution is -2.26. The third-order valence-corrected chi connectivity index (χ3v) is 3.20. The van der Waals surface area contributed by atoms with Crippen molar-refractivity contribution in [2.24, 2.45) is 21.0 Å². The van der Waals surface area contributed by atoms with Gasteiger partial charge in [0.25, 0.3) is 0 Å². The number of hydrogen-bond donors (Lipinski definition) is 2. The molecule has 0 unspecified atom stereocenters. The summed E-state index contributed by atoms with van der Waals surface area (Å²) in [5.74, 6) is -1.27. The van der Waals surface area contributed by atoms with E-state index in [1.807, 2.05) is 0 Å². The monoisotopic (exact) mass is 385 g/mol. The van der Waals surface area contributed by atoms with Crippen molar-refractivity contribution in [1.82, 2.24) is 5.43 Å². The summed E-state index contributed by atoms with van der Waals surface area (Å²) in [7, 11) is 0. The van der Waals surface area contributed by atoms with E-state index in [4.69, 9.17) is 17.3 Å². The van der Waals surface area contributed by atoms with E-state index < -0.39 is 17.6 Å². The first-order chi connectivity index (χ1) is 12.3. The second kappa shape index (κ2) is 8.43. The van der Waals surface area contributed by atoms with E-state index in [1.165, 1.54) is 6.21 Å². The number of nitrogens with two attached hydrogens (primary N) is 1. The van der Waals surface area contributed by atoms with Crippen LogP contribution in [-0.4, -0.2) is 18.4 Å². The molecule has 0 amide bonds. The number of nitrogens with zero attached hydrogens (tertiary/aromatic N) is 3. The van der Waals surface area contributed by atoms with Gasteiger partial charge < -0.3 is 5.73 Å². The van der Waals surface area contributed by atoms with E-state index in [0.717, 1.165) is 23.9 Å². The van der Waals surface area contributed by atoms with Crippen molar-refractivity contribution >= 4 is 30.0 Å². The Morgan fingerprint density at radius 1 is 1.08 bits per heavy atom. The Morgan fingerprint density at radius 3 is 2.38 bits per heavy atom. The molecular weight excluding hydrogens is 374 g/mol. The molecule has 0 radical (unpaired) electrons. The quantitative estimate of drug-likeness (QED) is 0.364. The lowest BCUT2D eigenvalue weighted by Gasteiger charge is -2.06. The highest BCUT2D eigenvalue weighted by Gasteiger charge is 2.30. The zero-order valence-corrected chi connectivity index (χ0v) is 13.8. The smallest absolute Gasteiger partial charge is 0.367 e. The first-order valence-electron chi connectivity index (χ1n) is 7.03. The summed E-state index contributed by atoms with van der Waals surface area (Å²) in [6.45, 7) is 0. The van der Waals surface area contributed by atoms with E-state index in [-0.39, 0.29) is 11.5 Å². The van der Waals surface area contributed by atoms with Gasteiger partial charge in [-0.3, -0.25) is 0 Å². The number of hydrogen-bond acceptors (Lipinski definition) is 3. The van der Waals surface area contributed by atoms with Gasteiger partial charge in [-0.2, -0.15) is 23.4 Å². The maximum absolute atomic E-state index is 13.6. The van der Waals surface area contributed by atoms with Crippen LogP contribution < -0.4 is 11.2 Å². The summed E-state index contributed by atoms with van der Waals surface area (Å²) in [5.41, 5.74) is 7.37. The third-order valence-electron chi connectivity index (χ3n) is 2.95. The second-order valence-electron chi connectivity index (χ2n) is 4.89. The van der Waals surface area contributed by atoms with Gasteiger partial charge in [0.1, 0.15) is 5.82 Å². The third kappa shape index (κ3) is 5.85. The molecule has 2 rings (SSSR count). The molecule has 0 bridgehead atoms. The number of benzene rings is 2. The average Bonchev–Trinajstić information content (AvgIpc) is 2.57. The highest BCUT2D eigenvalue weighted by Crippen LogP contribution is 2.29. The van der Waals surface area contributed by atoms with Crippen LogP contribution in [0.2, 0.25) is 5.02 Å². The van der Waals surface area contributed by atoms with Gasteiger partial charge in [0.15, 0.2) is 0 Å². The fourth-order valence-electron chi connectivity index (χ4n) is 1.71. The van der Waals surface area contributed by atoms with Crippen molar-refractivity contribution in [3.05, 3.63) is 70.0 Å². The predicted molar refractivity (Wildman–Crippen MR) is 92.8 cm³/mol. The van der Waals surface area contributed by atoms with Gasteiger partial charge in [0.05, 0.1) is 18.0 Å². The zero-order valence-electron chi connectivity index (χ0n) is 13.0. The Morgan fingerprint density at radius 2 is 1.77 bits per heavy atom. The summed E-state index contributed by atoms with van der Waals surface area (Å²) in [5, 5.41) is 11.4. The molecule has 0 saturated carbocycles. The lowest BCUT2D eigenvalue weighted by atomic mass is 10.1. The lowest BCUT2D eigenvalue weighted by molar-refractivity contribution is -0.137. The minimum Gasteiger partial charge on any atom is -0.367 e. The summed E-state index contributed by atoms with van der Waals surface area (Å²) >= 11 is 5.75. The number of hydrazone groups is 1. The van der Waals surface area contributed by atoms with E-state index in [0.29, 0.717) is 11.1 Å².